The molecule has 0 aromatic rings. The fraction of sp³-hybridized carbons (Fsp3) is 0.818. The Bertz CT molecular complexity index is 241. The lowest BCUT2D eigenvalue weighted by Crippen LogP contribution is -2.47. The van der Waals surface area contributed by atoms with Crippen molar-refractivity contribution in [1.29, 1.82) is 0 Å². The molecule has 1 fully saturated rings. The Kier molecular flexibility index (Phi) is 4.59. The molecule has 1 heterocycles. The van der Waals surface area contributed by atoms with Crippen molar-refractivity contribution in [3.63, 3.8) is 0 Å². The van der Waals surface area contributed by atoms with Crippen LogP contribution >= 0.6 is 0 Å². The van der Waals surface area contributed by atoms with E-state index in [1.807, 2.05) is 4.90 Å². The van der Waals surface area contributed by atoms with Gasteiger partial charge >= 0.3 is 6.03 Å². The van der Waals surface area contributed by atoms with E-state index < -0.39 is 0 Å². The van der Waals surface area contributed by atoms with Crippen LogP contribution in [-0.2, 0) is 4.79 Å². The number of piperidine rings is 1. The largest absolute Gasteiger partial charge is 0.338 e. The fourth-order valence-corrected chi connectivity index (χ4v) is 1.85. The molecule has 1 unspecified atom stereocenters. The van der Waals surface area contributed by atoms with E-state index in [1.165, 1.54) is 13.3 Å². The first-order valence-corrected chi connectivity index (χ1v) is 5.65. The highest BCUT2D eigenvalue weighted by atomic mass is 16.2. The molecule has 1 rings (SSSR count). The molecule has 15 heavy (non-hydrogen) atoms. The van der Waals surface area contributed by atoms with Gasteiger partial charge in [-0.25, -0.2) is 4.79 Å². The van der Waals surface area contributed by atoms with E-state index in [0.29, 0.717) is 19.0 Å². The van der Waals surface area contributed by atoms with Crippen LogP contribution < -0.4 is 5.32 Å². The molecular formula is C11H20N2O2. The van der Waals surface area contributed by atoms with E-state index in [9.17, 15) is 9.59 Å². The summed E-state index contributed by atoms with van der Waals surface area (Å²) in [6.45, 7) is 4.91. The van der Waals surface area contributed by atoms with Gasteiger partial charge in [-0.2, -0.15) is 0 Å². The van der Waals surface area contributed by atoms with E-state index >= 15 is 0 Å². The summed E-state index contributed by atoms with van der Waals surface area (Å²) in [6, 6.07) is 0.305. The highest BCUT2D eigenvalue weighted by molar-refractivity contribution is 5.78. The van der Waals surface area contributed by atoms with Gasteiger partial charge in [0.05, 0.1) is 0 Å². The van der Waals surface area contributed by atoms with Gasteiger partial charge in [-0.1, -0.05) is 0 Å². The molecule has 86 valence electrons. The molecule has 0 saturated carbocycles. The van der Waals surface area contributed by atoms with Crippen molar-refractivity contribution in [3.05, 3.63) is 0 Å². The van der Waals surface area contributed by atoms with Crippen molar-refractivity contribution < 1.29 is 9.59 Å². The van der Waals surface area contributed by atoms with Crippen molar-refractivity contribution in [2.45, 2.75) is 45.6 Å². The first-order valence-electron chi connectivity index (χ1n) is 5.65. The van der Waals surface area contributed by atoms with E-state index in [4.69, 9.17) is 0 Å². The summed E-state index contributed by atoms with van der Waals surface area (Å²) in [6.07, 6.45) is 3.80. The third kappa shape index (κ3) is 3.90. The zero-order valence-electron chi connectivity index (χ0n) is 9.58. The Morgan fingerprint density at radius 3 is 2.73 bits per heavy atom. The molecule has 0 aliphatic carbocycles. The number of amides is 2. The fourth-order valence-electron chi connectivity index (χ4n) is 1.85. The second-order valence-electron chi connectivity index (χ2n) is 4.22. The number of hydrogen-bond acceptors (Lipinski definition) is 2. The van der Waals surface area contributed by atoms with Crippen LogP contribution in [0.15, 0.2) is 0 Å². The third-order valence-corrected chi connectivity index (χ3v) is 2.82. The molecule has 0 spiro atoms. The van der Waals surface area contributed by atoms with Crippen LogP contribution in [0.2, 0.25) is 0 Å². The summed E-state index contributed by atoms with van der Waals surface area (Å²) in [4.78, 5) is 24.3. The number of ketones is 1. The summed E-state index contributed by atoms with van der Waals surface area (Å²) >= 11 is 0. The number of nitrogens with one attached hydrogen (secondary N) is 1. The van der Waals surface area contributed by atoms with Gasteiger partial charge < -0.3 is 10.2 Å². The lowest BCUT2D eigenvalue weighted by Gasteiger charge is -2.33. The molecule has 4 heteroatoms. The average molecular weight is 212 g/mol. The Morgan fingerprint density at radius 1 is 1.40 bits per heavy atom. The summed E-state index contributed by atoms with van der Waals surface area (Å²) in [7, 11) is 0. The maximum absolute atomic E-state index is 11.7. The molecule has 1 aliphatic rings. The van der Waals surface area contributed by atoms with Crippen molar-refractivity contribution >= 4 is 11.8 Å². The second-order valence-corrected chi connectivity index (χ2v) is 4.22. The van der Waals surface area contributed by atoms with Gasteiger partial charge in [0.15, 0.2) is 0 Å². The van der Waals surface area contributed by atoms with E-state index in [2.05, 4.69) is 12.2 Å². The lowest BCUT2D eigenvalue weighted by molar-refractivity contribution is -0.116. The first kappa shape index (κ1) is 12.0. The third-order valence-electron chi connectivity index (χ3n) is 2.82. The number of urea groups is 1. The minimum Gasteiger partial charge on any atom is -0.338 e. The highest BCUT2D eigenvalue weighted by Crippen LogP contribution is 2.15. The van der Waals surface area contributed by atoms with Gasteiger partial charge in [0.25, 0.3) is 0 Å². The van der Waals surface area contributed by atoms with E-state index in [-0.39, 0.29) is 11.8 Å². The Labute approximate surface area is 91.0 Å². The molecule has 0 bridgehead atoms. The van der Waals surface area contributed by atoms with Crippen LogP contribution in [0.25, 0.3) is 0 Å². The van der Waals surface area contributed by atoms with Gasteiger partial charge in [0.2, 0.25) is 0 Å². The maximum Gasteiger partial charge on any atom is 0.317 e. The number of rotatable bonds is 3. The molecule has 1 aliphatic heterocycles. The summed E-state index contributed by atoms with van der Waals surface area (Å²) in [5.74, 6) is 0.113. The van der Waals surface area contributed by atoms with Crippen LogP contribution in [0.5, 0.6) is 0 Å². The smallest absolute Gasteiger partial charge is 0.317 e. The molecule has 4 nitrogen and oxygen atoms in total. The molecule has 2 amide bonds. The minimum absolute atomic E-state index is 0.0246. The van der Waals surface area contributed by atoms with Crippen LogP contribution in [0, 0.1) is 0 Å². The standard InChI is InChI=1S/C11H20N2O2/c1-9-5-3-4-8-13(9)11(15)12-7-6-10(2)14/h9H,3-8H2,1-2H3,(H,12,15). The second kappa shape index (κ2) is 5.73. The minimum atomic E-state index is -0.0246. The van der Waals surface area contributed by atoms with Crippen LogP contribution in [0.1, 0.15) is 39.5 Å². The van der Waals surface area contributed by atoms with Crippen molar-refractivity contribution in [2.24, 2.45) is 0 Å². The quantitative estimate of drug-likeness (QED) is 0.771. The van der Waals surface area contributed by atoms with Crippen LogP contribution in [0.4, 0.5) is 4.79 Å². The molecule has 1 atom stereocenters. The predicted molar refractivity (Wildman–Crippen MR) is 58.7 cm³/mol. The van der Waals surface area contributed by atoms with E-state index in [1.54, 1.807) is 0 Å². The molecule has 0 radical (unpaired) electrons. The number of carbonyl (C=O) groups is 2. The topological polar surface area (TPSA) is 49.4 Å². The summed E-state index contributed by atoms with van der Waals surface area (Å²) in [5, 5.41) is 2.78. The maximum atomic E-state index is 11.7. The highest BCUT2D eigenvalue weighted by Gasteiger charge is 2.22. The number of Topliss-reactive ketones (excluding diaryl/α,β-unsaturated/α-hetero) is 1. The number of carbonyl (C=O) groups excluding carboxylic acids is 2. The zero-order chi connectivity index (χ0) is 11.3. The lowest BCUT2D eigenvalue weighted by atomic mass is 10.0. The monoisotopic (exact) mass is 212 g/mol. The molecule has 0 aromatic carbocycles. The van der Waals surface area contributed by atoms with Crippen LogP contribution in [-0.4, -0.2) is 35.8 Å². The zero-order valence-corrected chi connectivity index (χ0v) is 9.58. The number of hydrogen-bond donors (Lipinski definition) is 1. The predicted octanol–water partition coefficient (Wildman–Crippen LogP) is 1.55. The summed E-state index contributed by atoms with van der Waals surface area (Å²) < 4.78 is 0. The normalized spacial score (nSPS) is 21.2. The summed E-state index contributed by atoms with van der Waals surface area (Å²) in [5.41, 5.74) is 0. The van der Waals surface area contributed by atoms with E-state index in [0.717, 1.165) is 19.4 Å². The van der Waals surface area contributed by atoms with Gasteiger partial charge in [-0.15, -0.1) is 0 Å². The molecule has 1 N–H and O–H groups in total. The van der Waals surface area contributed by atoms with Crippen LogP contribution in [0.3, 0.4) is 0 Å². The average Bonchev–Trinajstić information content (AvgIpc) is 2.17. The Balaban J connectivity index is 2.29. The molecular weight excluding hydrogens is 192 g/mol. The van der Waals surface area contributed by atoms with Crippen molar-refractivity contribution in [2.75, 3.05) is 13.1 Å². The van der Waals surface area contributed by atoms with Gasteiger partial charge in [-0.05, 0) is 33.1 Å². The van der Waals surface area contributed by atoms with Gasteiger partial charge in [0.1, 0.15) is 5.78 Å². The van der Waals surface area contributed by atoms with Crippen molar-refractivity contribution in [3.8, 4) is 0 Å². The number of likely N-dealkylation sites (tertiary alicyclic amines) is 1. The van der Waals surface area contributed by atoms with Gasteiger partial charge in [-0.3, -0.25) is 4.79 Å². The molecule has 0 aromatic heterocycles. The Hall–Kier alpha value is -1.06. The first-order chi connectivity index (χ1) is 7.11. The Morgan fingerprint density at radius 2 is 2.13 bits per heavy atom. The number of nitrogens with zero attached hydrogens (tertiary/aromatic N) is 1. The molecule has 1 saturated heterocycles. The SMILES string of the molecule is CC(=O)CCNC(=O)N1CCCCC1C. The van der Waals surface area contributed by atoms with Gasteiger partial charge in [0, 0.05) is 25.6 Å². The van der Waals surface area contributed by atoms with Crippen molar-refractivity contribution in [1.82, 2.24) is 10.2 Å².